The van der Waals surface area contributed by atoms with Gasteiger partial charge < -0.3 is 0 Å². The van der Waals surface area contributed by atoms with Crippen molar-refractivity contribution in [1.82, 2.24) is 0 Å². The number of benzene rings is 10. The van der Waals surface area contributed by atoms with Crippen molar-refractivity contribution < 1.29 is 0 Å². The largest absolute Gasteiger partial charge is 0.179 e. The molecule has 0 nitrogen and oxygen atoms in total. The van der Waals surface area contributed by atoms with Crippen molar-refractivity contribution in [2.24, 2.45) is 0 Å². The Morgan fingerprint density at radius 3 is 0.810 bits per heavy atom. The number of hydrogen-bond donors (Lipinski definition) is 0. The molecule has 0 saturated heterocycles. The Hall–Kier alpha value is -7.58. The van der Waals surface area contributed by atoms with E-state index in [9.17, 15) is 0 Å². The van der Waals surface area contributed by atoms with E-state index in [2.05, 4.69) is 267 Å². The Kier molecular flexibility index (Phi) is 8.74. The molecular formula is C62H44Si. The first kappa shape index (κ1) is 37.2. The normalized spacial score (nSPS) is 14.0. The summed E-state index contributed by atoms with van der Waals surface area (Å²) in [5.41, 5.74) is 14.6. The second kappa shape index (κ2) is 14.8. The van der Waals surface area contributed by atoms with E-state index in [0.29, 0.717) is 0 Å². The van der Waals surface area contributed by atoms with Crippen LogP contribution >= 0.6 is 0 Å². The minimum absolute atomic E-state index is 0.521. The van der Waals surface area contributed by atoms with Gasteiger partial charge in [-0.1, -0.05) is 267 Å². The average Bonchev–Trinajstić information content (AvgIpc) is 3.84. The highest BCUT2D eigenvalue weighted by atomic mass is 28.3. The van der Waals surface area contributed by atoms with Crippen LogP contribution in [0.1, 0.15) is 44.5 Å². The van der Waals surface area contributed by atoms with Crippen LogP contribution in [0.4, 0.5) is 0 Å². The molecule has 0 heterocycles. The van der Waals surface area contributed by atoms with Crippen molar-refractivity contribution in [2.75, 3.05) is 0 Å². The lowest BCUT2D eigenvalue weighted by Gasteiger charge is -2.38. The molecule has 0 aliphatic heterocycles. The molecule has 0 bridgehead atoms. The van der Waals surface area contributed by atoms with E-state index in [-0.39, 0.29) is 0 Å². The monoisotopic (exact) mass is 816 g/mol. The predicted molar refractivity (Wildman–Crippen MR) is 265 cm³/mol. The second-order valence-electron chi connectivity index (χ2n) is 17.1. The minimum atomic E-state index is -3.12. The summed E-state index contributed by atoms with van der Waals surface area (Å²) >= 11 is 0. The van der Waals surface area contributed by atoms with Crippen LogP contribution in [0.5, 0.6) is 0 Å². The van der Waals surface area contributed by atoms with E-state index in [1.807, 2.05) is 0 Å². The van der Waals surface area contributed by atoms with Crippen LogP contribution in [0.15, 0.2) is 267 Å². The maximum atomic E-state index is 2.63. The lowest BCUT2D eigenvalue weighted by Crippen LogP contribution is -2.75. The molecule has 0 unspecified atom stereocenters. The molecule has 1 heteroatoms. The highest BCUT2D eigenvalue weighted by Crippen LogP contribution is 2.57. The summed E-state index contributed by atoms with van der Waals surface area (Å²) in [7, 11) is -3.12. The van der Waals surface area contributed by atoms with Gasteiger partial charge in [-0.05, 0) is 87.5 Å². The zero-order valence-corrected chi connectivity index (χ0v) is 35.9. The summed E-state index contributed by atoms with van der Waals surface area (Å²) in [5.74, 6) is 0. The molecule has 0 N–H and O–H groups in total. The number of hydrogen-bond acceptors (Lipinski definition) is 0. The fourth-order valence-electron chi connectivity index (χ4n) is 11.7. The molecule has 0 fully saturated rings. The van der Waals surface area contributed by atoms with Gasteiger partial charge in [-0.15, -0.1) is 0 Å². The van der Waals surface area contributed by atoms with Crippen molar-refractivity contribution in [3.05, 3.63) is 311 Å². The van der Waals surface area contributed by atoms with Crippen LogP contribution in [0, 0.1) is 0 Å². The Bertz CT molecular complexity index is 2950. The zero-order chi connectivity index (χ0) is 41.9. The predicted octanol–water partition coefficient (Wildman–Crippen LogP) is 11.8. The summed E-state index contributed by atoms with van der Waals surface area (Å²) in [6, 6.07) is 101. The quantitative estimate of drug-likeness (QED) is 0.106. The molecule has 0 aromatic heterocycles. The second-order valence-corrected chi connectivity index (χ2v) is 20.9. The average molecular weight is 817 g/mol. The minimum Gasteiger partial charge on any atom is -0.0623 e. The van der Waals surface area contributed by atoms with Crippen LogP contribution in [-0.2, 0) is 10.8 Å². The SMILES string of the molecule is c1ccc(C2(c3ccccc3)c3ccccc3-c3ccc([Si](c4ccccc4)(c4ccccc4)c4ccc5c(c4)C(c4ccccc4)(c4ccccc4)c4ccccc4-5)cc32)cc1. The summed E-state index contributed by atoms with van der Waals surface area (Å²) < 4.78 is 0. The highest BCUT2D eigenvalue weighted by Gasteiger charge is 2.51. The van der Waals surface area contributed by atoms with Crippen LogP contribution in [0.2, 0.25) is 0 Å². The maximum absolute atomic E-state index is 3.12. The molecule has 2 aliphatic carbocycles. The Morgan fingerprint density at radius 2 is 0.476 bits per heavy atom. The topological polar surface area (TPSA) is 0 Å². The fourth-order valence-corrected chi connectivity index (χ4v) is 16.5. The van der Waals surface area contributed by atoms with Gasteiger partial charge in [0, 0.05) is 0 Å². The Balaban J connectivity index is 1.21. The lowest BCUT2D eigenvalue weighted by molar-refractivity contribution is 0.769. The van der Waals surface area contributed by atoms with Gasteiger partial charge in [0.15, 0.2) is 8.07 Å². The van der Waals surface area contributed by atoms with Gasteiger partial charge >= 0.3 is 0 Å². The molecule has 10 aromatic rings. The van der Waals surface area contributed by atoms with E-state index >= 15 is 0 Å². The first-order valence-corrected chi connectivity index (χ1v) is 24.1. The van der Waals surface area contributed by atoms with Crippen molar-refractivity contribution in [1.29, 1.82) is 0 Å². The van der Waals surface area contributed by atoms with E-state index in [4.69, 9.17) is 0 Å². The first-order chi connectivity index (χ1) is 31.3. The van der Waals surface area contributed by atoms with Gasteiger partial charge in [-0.3, -0.25) is 0 Å². The van der Waals surface area contributed by atoms with E-state index in [1.54, 1.807) is 0 Å². The molecule has 12 rings (SSSR count). The van der Waals surface area contributed by atoms with Gasteiger partial charge in [-0.25, -0.2) is 0 Å². The van der Waals surface area contributed by atoms with Crippen LogP contribution in [0.3, 0.4) is 0 Å². The molecule has 0 spiro atoms. The Labute approximate surface area is 371 Å². The molecule has 10 aromatic carbocycles. The summed E-state index contributed by atoms with van der Waals surface area (Å²) in [5, 5.41) is 5.45. The van der Waals surface area contributed by atoms with Gasteiger partial charge in [0.05, 0.1) is 10.8 Å². The summed E-state index contributed by atoms with van der Waals surface area (Å²) in [6.07, 6.45) is 0. The van der Waals surface area contributed by atoms with E-state index < -0.39 is 18.9 Å². The van der Waals surface area contributed by atoms with Crippen molar-refractivity contribution in [3.63, 3.8) is 0 Å². The standard InChI is InChI=1S/C62H44Si/c1-7-23-45(24-8-1)61(46-25-9-2-10-26-46)57-37-21-19-35-53(57)55-41-39-51(43-59(55)61)63(49-31-15-5-16-32-49,50-33-17-6-18-34-50)52-40-42-56-54-36-20-22-38-58(54)62(60(56)44-52,47-27-11-3-12-28-47)48-29-13-4-14-30-48/h1-44H. The molecule has 0 amide bonds. The molecule has 63 heavy (non-hydrogen) atoms. The maximum Gasteiger partial charge on any atom is 0.179 e. The molecule has 2 aliphatic rings. The molecule has 296 valence electrons. The summed E-state index contributed by atoms with van der Waals surface area (Å²) in [6.45, 7) is 0. The lowest BCUT2D eigenvalue weighted by atomic mass is 9.68. The van der Waals surface area contributed by atoms with Crippen LogP contribution in [-0.4, -0.2) is 8.07 Å². The molecular weight excluding hydrogens is 773 g/mol. The third kappa shape index (κ3) is 5.27. The summed E-state index contributed by atoms with van der Waals surface area (Å²) in [4.78, 5) is 0. The molecule has 0 radical (unpaired) electrons. The van der Waals surface area contributed by atoms with Crippen molar-refractivity contribution in [3.8, 4) is 22.3 Å². The first-order valence-electron chi connectivity index (χ1n) is 22.1. The van der Waals surface area contributed by atoms with E-state index in [0.717, 1.165) is 0 Å². The molecule has 0 saturated carbocycles. The Morgan fingerprint density at radius 1 is 0.206 bits per heavy atom. The third-order valence-corrected chi connectivity index (χ3v) is 18.9. The third-order valence-electron chi connectivity index (χ3n) is 14.2. The fraction of sp³-hybridized carbons (Fsp3) is 0.0323. The van der Waals surface area contributed by atoms with Crippen molar-refractivity contribution >= 4 is 28.8 Å². The molecule has 0 atom stereocenters. The highest BCUT2D eigenvalue weighted by molar-refractivity contribution is 7.20. The van der Waals surface area contributed by atoms with Gasteiger partial charge in [0.1, 0.15) is 0 Å². The number of rotatable bonds is 8. The van der Waals surface area contributed by atoms with E-state index in [1.165, 1.54) is 87.5 Å². The zero-order valence-electron chi connectivity index (χ0n) is 34.9. The number of fused-ring (bicyclic) bond motifs is 6. The van der Waals surface area contributed by atoms with Crippen LogP contribution < -0.4 is 20.7 Å². The van der Waals surface area contributed by atoms with Gasteiger partial charge in [-0.2, -0.15) is 0 Å². The van der Waals surface area contributed by atoms with Gasteiger partial charge in [0.2, 0.25) is 0 Å². The van der Waals surface area contributed by atoms with Crippen LogP contribution in [0.25, 0.3) is 22.3 Å². The van der Waals surface area contributed by atoms with Gasteiger partial charge in [0.25, 0.3) is 0 Å². The van der Waals surface area contributed by atoms with Crippen molar-refractivity contribution in [2.45, 2.75) is 10.8 Å². The smallest absolute Gasteiger partial charge is 0.0623 e.